The zero-order chi connectivity index (χ0) is 26.0. The highest BCUT2D eigenvalue weighted by molar-refractivity contribution is 7.90. The van der Waals surface area contributed by atoms with Crippen LogP contribution in [0.1, 0.15) is 11.1 Å². The van der Waals surface area contributed by atoms with Crippen molar-refractivity contribution in [1.29, 1.82) is 0 Å². The molecule has 0 spiro atoms. The molecule has 1 fully saturated rings. The first-order chi connectivity index (χ1) is 17.9. The molecule has 8 heteroatoms. The van der Waals surface area contributed by atoms with Crippen molar-refractivity contribution in [3.63, 3.8) is 0 Å². The molecule has 1 aliphatic heterocycles. The predicted molar refractivity (Wildman–Crippen MR) is 146 cm³/mol. The van der Waals surface area contributed by atoms with E-state index in [1.165, 1.54) is 0 Å². The van der Waals surface area contributed by atoms with Crippen molar-refractivity contribution in [2.45, 2.75) is 24.1 Å². The normalized spacial score (nSPS) is 14.2. The van der Waals surface area contributed by atoms with Crippen LogP contribution in [0.2, 0.25) is 0 Å². The number of aryl methyl sites for hydroxylation is 1. The molecule has 37 heavy (non-hydrogen) atoms. The molecule has 7 nitrogen and oxygen atoms in total. The van der Waals surface area contributed by atoms with E-state index in [-0.39, 0.29) is 23.1 Å². The highest BCUT2D eigenvalue weighted by Crippen LogP contribution is 2.29. The first-order valence-corrected chi connectivity index (χ1v) is 14.0. The van der Waals surface area contributed by atoms with Crippen LogP contribution in [-0.2, 0) is 26.9 Å². The number of fused-ring (bicyclic) bond motifs is 1. The summed E-state index contributed by atoms with van der Waals surface area (Å²) in [5.41, 5.74) is 3.58. The monoisotopic (exact) mass is 517 g/mol. The Morgan fingerprint density at radius 1 is 0.892 bits per heavy atom. The molecule has 5 rings (SSSR count). The number of sulfone groups is 1. The first kappa shape index (κ1) is 24.9. The van der Waals surface area contributed by atoms with Gasteiger partial charge < -0.3 is 19.1 Å². The largest absolute Gasteiger partial charge is 0.497 e. The number of carbonyl (C=O) groups is 1. The number of para-hydroxylation sites is 1. The Bertz CT molecular complexity index is 1520. The van der Waals surface area contributed by atoms with Crippen LogP contribution >= 0.6 is 0 Å². The fourth-order valence-corrected chi connectivity index (χ4v) is 6.58. The third-order valence-electron chi connectivity index (χ3n) is 7.07. The summed E-state index contributed by atoms with van der Waals surface area (Å²) < 4.78 is 33.9. The van der Waals surface area contributed by atoms with Crippen molar-refractivity contribution in [3.05, 3.63) is 90.1 Å². The summed E-state index contributed by atoms with van der Waals surface area (Å²) in [7, 11) is -1.96. The van der Waals surface area contributed by atoms with E-state index in [1.54, 1.807) is 17.9 Å². The van der Waals surface area contributed by atoms with Gasteiger partial charge in [0.05, 0.1) is 17.8 Å². The number of ether oxygens (including phenoxy) is 1. The van der Waals surface area contributed by atoms with Crippen molar-refractivity contribution in [2.75, 3.05) is 38.2 Å². The molecule has 0 unspecified atom stereocenters. The predicted octanol–water partition coefficient (Wildman–Crippen LogP) is 4.28. The van der Waals surface area contributed by atoms with Gasteiger partial charge in [0.25, 0.3) is 0 Å². The Balaban J connectivity index is 1.32. The van der Waals surface area contributed by atoms with Crippen LogP contribution in [0.25, 0.3) is 10.9 Å². The molecule has 0 bridgehead atoms. The number of nitrogens with zero attached hydrogens (tertiary/aromatic N) is 3. The maximum atomic E-state index is 13.5. The van der Waals surface area contributed by atoms with E-state index in [0.29, 0.717) is 18.5 Å². The van der Waals surface area contributed by atoms with E-state index in [9.17, 15) is 13.2 Å². The molecule has 0 atom stereocenters. The summed E-state index contributed by atoms with van der Waals surface area (Å²) in [5, 5.41) is 0.646. The van der Waals surface area contributed by atoms with Crippen molar-refractivity contribution in [3.8, 4) is 5.75 Å². The van der Waals surface area contributed by atoms with Gasteiger partial charge in [-0.1, -0.05) is 42.5 Å². The van der Waals surface area contributed by atoms with Gasteiger partial charge in [-0.2, -0.15) is 0 Å². The number of carbonyl (C=O) groups excluding carboxylic acids is 1. The lowest BCUT2D eigenvalue weighted by Gasteiger charge is -2.36. The minimum atomic E-state index is -3.61. The number of hydrogen-bond donors (Lipinski definition) is 0. The molecule has 0 N–H and O–H groups in total. The number of aromatic nitrogens is 1. The third kappa shape index (κ3) is 5.20. The van der Waals surface area contributed by atoms with Gasteiger partial charge in [0.1, 0.15) is 12.3 Å². The number of hydrogen-bond acceptors (Lipinski definition) is 5. The van der Waals surface area contributed by atoms with Gasteiger partial charge in [-0.3, -0.25) is 4.79 Å². The molecular formula is C29H31N3O4S. The van der Waals surface area contributed by atoms with E-state index >= 15 is 0 Å². The molecule has 1 aromatic heterocycles. The fraction of sp³-hybridized carbons (Fsp3) is 0.276. The van der Waals surface area contributed by atoms with Crippen LogP contribution < -0.4 is 9.64 Å². The maximum absolute atomic E-state index is 13.5. The second-order valence-electron chi connectivity index (χ2n) is 9.39. The summed E-state index contributed by atoms with van der Waals surface area (Å²) in [6.07, 6.45) is 1.63. The minimum Gasteiger partial charge on any atom is -0.497 e. The molecule has 0 aliphatic carbocycles. The highest BCUT2D eigenvalue weighted by atomic mass is 32.2. The van der Waals surface area contributed by atoms with Gasteiger partial charge in [0.2, 0.25) is 5.91 Å². The Morgan fingerprint density at radius 3 is 2.27 bits per heavy atom. The fourth-order valence-electron chi connectivity index (χ4n) is 4.90. The van der Waals surface area contributed by atoms with Crippen LogP contribution in [0, 0.1) is 6.92 Å². The topological polar surface area (TPSA) is 71.8 Å². The Kier molecular flexibility index (Phi) is 6.93. The summed E-state index contributed by atoms with van der Waals surface area (Å²) in [6, 6.07) is 22.8. The number of benzene rings is 3. The Labute approximate surface area is 217 Å². The summed E-state index contributed by atoms with van der Waals surface area (Å²) in [4.78, 5) is 17.6. The van der Waals surface area contributed by atoms with Gasteiger partial charge in [-0.25, -0.2) is 8.42 Å². The number of rotatable bonds is 7. The zero-order valence-corrected chi connectivity index (χ0v) is 21.9. The van der Waals surface area contributed by atoms with Crippen LogP contribution in [0.5, 0.6) is 5.75 Å². The van der Waals surface area contributed by atoms with E-state index < -0.39 is 9.84 Å². The van der Waals surface area contributed by atoms with Crippen LogP contribution in [0.4, 0.5) is 5.69 Å². The number of anilines is 1. The minimum absolute atomic E-state index is 0.0158. The summed E-state index contributed by atoms with van der Waals surface area (Å²) >= 11 is 0. The van der Waals surface area contributed by atoms with Crippen molar-refractivity contribution >= 4 is 32.3 Å². The average Bonchev–Trinajstić information content (AvgIpc) is 3.29. The quantitative estimate of drug-likeness (QED) is 0.366. The molecule has 3 aromatic carbocycles. The number of amides is 1. The molecule has 192 valence electrons. The lowest BCUT2D eigenvalue weighted by Crippen LogP contribution is -2.49. The lowest BCUT2D eigenvalue weighted by molar-refractivity contribution is -0.132. The van der Waals surface area contributed by atoms with E-state index in [0.717, 1.165) is 41.2 Å². The van der Waals surface area contributed by atoms with Gasteiger partial charge in [0, 0.05) is 49.0 Å². The molecule has 1 amide bonds. The molecule has 4 aromatic rings. The molecule has 1 aliphatic rings. The van der Waals surface area contributed by atoms with E-state index in [4.69, 9.17) is 4.74 Å². The molecule has 0 radical (unpaired) electrons. The smallest absolute Gasteiger partial charge is 0.242 e. The van der Waals surface area contributed by atoms with Crippen LogP contribution in [0.3, 0.4) is 0 Å². The molecule has 2 heterocycles. The standard InChI is InChI=1S/C29H31N3O4S/c1-22-7-3-4-8-23(22)21-37(34,35)28-19-32(27-10-6-5-9-26(27)28)20-29(33)31-17-15-30(16-18-31)24-11-13-25(36-2)14-12-24/h3-14,19H,15-18,20-21H2,1-2H3. The average molecular weight is 518 g/mol. The summed E-state index contributed by atoms with van der Waals surface area (Å²) in [5.74, 6) is 0.726. The van der Waals surface area contributed by atoms with Crippen molar-refractivity contribution < 1.29 is 17.9 Å². The van der Waals surface area contributed by atoms with E-state index in [2.05, 4.69) is 4.90 Å². The maximum Gasteiger partial charge on any atom is 0.242 e. The third-order valence-corrected chi connectivity index (χ3v) is 8.76. The first-order valence-electron chi connectivity index (χ1n) is 12.4. The van der Waals surface area contributed by atoms with Crippen molar-refractivity contribution in [1.82, 2.24) is 9.47 Å². The molecular weight excluding hydrogens is 486 g/mol. The second kappa shape index (κ2) is 10.3. The molecule has 0 saturated carbocycles. The van der Waals surface area contributed by atoms with E-state index in [1.807, 2.05) is 84.6 Å². The Hall–Kier alpha value is -3.78. The highest BCUT2D eigenvalue weighted by Gasteiger charge is 2.25. The van der Waals surface area contributed by atoms with Crippen LogP contribution in [-0.4, -0.2) is 57.1 Å². The number of piperazine rings is 1. The summed E-state index contributed by atoms with van der Waals surface area (Å²) in [6.45, 7) is 4.72. The SMILES string of the molecule is COc1ccc(N2CCN(C(=O)Cn3cc(S(=O)(=O)Cc4ccccc4C)c4ccccc43)CC2)cc1. The van der Waals surface area contributed by atoms with Gasteiger partial charge in [0.15, 0.2) is 9.84 Å². The van der Waals surface area contributed by atoms with Gasteiger partial charge >= 0.3 is 0 Å². The Morgan fingerprint density at radius 2 is 1.57 bits per heavy atom. The van der Waals surface area contributed by atoms with Gasteiger partial charge in [-0.15, -0.1) is 0 Å². The lowest BCUT2D eigenvalue weighted by atomic mass is 10.1. The second-order valence-corrected chi connectivity index (χ2v) is 11.3. The molecule has 1 saturated heterocycles. The number of methoxy groups -OCH3 is 1. The van der Waals surface area contributed by atoms with Crippen LogP contribution in [0.15, 0.2) is 83.9 Å². The zero-order valence-electron chi connectivity index (χ0n) is 21.1. The van der Waals surface area contributed by atoms with Crippen molar-refractivity contribution in [2.24, 2.45) is 0 Å². The van der Waals surface area contributed by atoms with Gasteiger partial charge in [-0.05, 0) is 48.4 Å².